The number of hydrogen-bond donors (Lipinski definition) is 1. The van der Waals surface area contributed by atoms with Crippen LogP contribution in [-0.2, 0) is 9.53 Å². The molecule has 2 N–H and O–H groups in total. The largest absolute Gasteiger partial charge is 0.468 e. The number of carbonyl (C=O) groups is 1. The van der Waals surface area contributed by atoms with E-state index in [0.29, 0.717) is 0 Å². The minimum absolute atomic E-state index is 0.277. The lowest BCUT2D eigenvalue weighted by Gasteiger charge is -2.22. The average molecular weight is 199 g/mol. The van der Waals surface area contributed by atoms with E-state index in [2.05, 4.69) is 4.74 Å². The molecule has 1 atom stereocenters. The van der Waals surface area contributed by atoms with Gasteiger partial charge in [-0.3, -0.25) is 4.79 Å². The number of esters is 1. The lowest BCUT2D eigenvalue weighted by atomic mass is 9.85. The highest BCUT2D eigenvalue weighted by Crippen LogP contribution is 2.27. The Morgan fingerprint density at radius 3 is 2.64 bits per heavy atom. The molecule has 0 aromatic carbocycles. The molecule has 0 spiro atoms. The van der Waals surface area contributed by atoms with Gasteiger partial charge in [-0.25, -0.2) is 0 Å². The van der Waals surface area contributed by atoms with Gasteiger partial charge in [0.25, 0.3) is 0 Å². The number of methoxy groups -OCH3 is 1. The topological polar surface area (TPSA) is 52.3 Å². The maximum atomic E-state index is 11.0. The molecule has 82 valence electrons. The zero-order chi connectivity index (χ0) is 10.4. The molecular weight excluding hydrogens is 178 g/mol. The molecule has 1 aliphatic rings. The van der Waals surface area contributed by atoms with Crippen molar-refractivity contribution >= 4 is 5.97 Å². The van der Waals surface area contributed by atoms with Gasteiger partial charge in [0, 0.05) is 0 Å². The molecule has 0 aliphatic heterocycles. The maximum Gasteiger partial charge on any atom is 0.322 e. The fourth-order valence-corrected chi connectivity index (χ4v) is 2.16. The van der Waals surface area contributed by atoms with Gasteiger partial charge in [-0.2, -0.15) is 0 Å². The Hall–Kier alpha value is -0.570. The van der Waals surface area contributed by atoms with E-state index in [1.54, 1.807) is 0 Å². The normalized spacial score (nSPS) is 20.4. The summed E-state index contributed by atoms with van der Waals surface area (Å²) in [5.74, 6) is 0.514. The van der Waals surface area contributed by atoms with Crippen LogP contribution < -0.4 is 5.73 Å². The molecule has 3 heteroatoms. The maximum absolute atomic E-state index is 11.0. The number of nitrogens with two attached hydrogens (primary N) is 1. The summed E-state index contributed by atoms with van der Waals surface area (Å²) in [6, 6.07) is -0.415. The highest BCUT2D eigenvalue weighted by Gasteiger charge is 2.18. The third kappa shape index (κ3) is 3.66. The highest BCUT2D eigenvalue weighted by molar-refractivity contribution is 5.75. The lowest BCUT2D eigenvalue weighted by Crippen LogP contribution is -2.32. The van der Waals surface area contributed by atoms with Gasteiger partial charge in [-0.05, 0) is 18.8 Å². The van der Waals surface area contributed by atoms with Crippen LogP contribution in [0.5, 0.6) is 0 Å². The van der Waals surface area contributed by atoms with E-state index in [9.17, 15) is 4.79 Å². The Morgan fingerprint density at radius 1 is 1.43 bits per heavy atom. The SMILES string of the molecule is COC(=O)[C@H](N)CCC1CCCCC1. The molecule has 1 aliphatic carbocycles. The molecular formula is C11H21NO2. The van der Waals surface area contributed by atoms with Gasteiger partial charge in [-0.15, -0.1) is 0 Å². The van der Waals surface area contributed by atoms with Crippen molar-refractivity contribution in [3.63, 3.8) is 0 Å². The van der Waals surface area contributed by atoms with Crippen molar-refractivity contribution < 1.29 is 9.53 Å². The first-order chi connectivity index (χ1) is 6.74. The van der Waals surface area contributed by atoms with Crippen molar-refractivity contribution in [3.05, 3.63) is 0 Å². The number of rotatable bonds is 4. The predicted octanol–water partition coefficient (Wildman–Crippen LogP) is 1.85. The second-order valence-electron chi connectivity index (χ2n) is 4.21. The number of ether oxygens (including phenoxy) is 1. The van der Waals surface area contributed by atoms with Gasteiger partial charge in [0.2, 0.25) is 0 Å². The van der Waals surface area contributed by atoms with E-state index in [1.165, 1.54) is 39.2 Å². The molecule has 0 unspecified atom stereocenters. The number of hydrogen-bond acceptors (Lipinski definition) is 3. The van der Waals surface area contributed by atoms with Crippen molar-refractivity contribution in [1.82, 2.24) is 0 Å². The van der Waals surface area contributed by atoms with Crippen LogP contribution in [0.15, 0.2) is 0 Å². The summed E-state index contributed by atoms with van der Waals surface area (Å²) < 4.78 is 4.59. The second kappa shape index (κ2) is 6.02. The van der Waals surface area contributed by atoms with E-state index < -0.39 is 6.04 Å². The Labute approximate surface area is 86.0 Å². The van der Waals surface area contributed by atoms with E-state index in [0.717, 1.165) is 18.8 Å². The molecule has 1 rings (SSSR count). The fourth-order valence-electron chi connectivity index (χ4n) is 2.16. The molecule has 0 amide bonds. The summed E-state index contributed by atoms with van der Waals surface area (Å²) in [5.41, 5.74) is 5.67. The van der Waals surface area contributed by atoms with Crippen LogP contribution in [0.1, 0.15) is 44.9 Å². The van der Waals surface area contributed by atoms with Crippen molar-refractivity contribution in [1.29, 1.82) is 0 Å². The third-order valence-electron chi connectivity index (χ3n) is 3.11. The standard InChI is InChI=1S/C11H21NO2/c1-14-11(13)10(12)8-7-9-5-3-2-4-6-9/h9-10H,2-8,12H2,1H3/t10-/m1/s1. The molecule has 14 heavy (non-hydrogen) atoms. The van der Waals surface area contributed by atoms with Crippen molar-refractivity contribution in [3.8, 4) is 0 Å². The molecule has 0 radical (unpaired) electrons. The van der Waals surface area contributed by atoms with Gasteiger partial charge in [0.1, 0.15) is 6.04 Å². The summed E-state index contributed by atoms with van der Waals surface area (Å²) in [4.78, 5) is 11.0. The molecule has 0 saturated heterocycles. The smallest absolute Gasteiger partial charge is 0.322 e. The first kappa shape index (κ1) is 11.5. The van der Waals surface area contributed by atoms with Crippen LogP contribution in [0, 0.1) is 5.92 Å². The van der Waals surface area contributed by atoms with Crippen LogP contribution in [-0.4, -0.2) is 19.1 Å². The zero-order valence-corrected chi connectivity index (χ0v) is 9.00. The predicted molar refractivity (Wildman–Crippen MR) is 55.8 cm³/mol. The van der Waals surface area contributed by atoms with Crippen molar-refractivity contribution in [2.45, 2.75) is 51.0 Å². The van der Waals surface area contributed by atoms with E-state index >= 15 is 0 Å². The fraction of sp³-hybridized carbons (Fsp3) is 0.909. The Morgan fingerprint density at radius 2 is 2.07 bits per heavy atom. The monoisotopic (exact) mass is 199 g/mol. The average Bonchev–Trinajstić information content (AvgIpc) is 2.26. The molecule has 1 saturated carbocycles. The van der Waals surface area contributed by atoms with Gasteiger partial charge >= 0.3 is 5.97 Å². The molecule has 0 aromatic heterocycles. The molecule has 0 heterocycles. The van der Waals surface area contributed by atoms with Crippen LogP contribution >= 0.6 is 0 Å². The third-order valence-corrected chi connectivity index (χ3v) is 3.11. The van der Waals surface area contributed by atoms with Crippen molar-refractivity contribution in [2.75, 3.05) is 7.11 Å². The Kier molecular flexibility index (Phi) is 4.94. The van der Waals surface area contributed by atoms with Gasteiger partial charge in [0.05, 0.1) is 7.11 Å². The molecule has 3 nitrogen and oxygen atoms in total. The summed E-state index contributed by atoms with van der Waals surface area (Å²) in [6.07, 6.45) is 8.55. The molecule has 0 aromatic rings. The summed E-state index contributed by atoms with van der Waals surface area (Å²) in [6.45, 7) is 0. The van der Waals surface area contributed by atoms with Crippen LogP contribution in [0.25, 0.3) is 0 Å². The lowest BCUT2D eigenvalue weighted by molar-refractivity contribution is -0.142. The van der Waals surface area contributed by atoms with Gasteiger partial charge in [-0.1, -0.05) is 32.1 Å². The summed E-state index contributed by atoms with van der Waals surface area (Å²) >= 11 is 0. The highest BCUT2D eigenvalue weighted by atomic mass is 16.5. The van der Waals surface area contributed by atoms with Gasteiger partial charge in [0.15, 0.2) is 0 Å². The van der Waals surface area contributed by atoms with Crippen LogP contribution in [0.4, 0.5) is 0 Å². The van der Waals surface area contributed by atoms with Crippen molar-refractivity contribution in [2.24, 2.45) is 11.7 Å². The minimum atomic E-state index is -0.415. The molecule has 1 fully saturated rings. The summed E-state index contributed by atoms with van der Waals surface area (Å²) in [5, 5.41) is 0. The van der Waals surface area contributed by atoms with Crippen LogP contribution in [0.2, 0.25) is 0 Å². The van der Waals surface area contributed by atoms with Gasteiger partial charge < -0.3 is 10.5 Å². The first-order valence-electron chi connectivity index (χ1n) is 5.57. The van der Waals surface area contributed by atoms with E-state index in [4.69, 9.17) is 5.73 Å². The minimum Gasteiger partial charge on any atom is -0.468 e. The summed E-state index contributed by atoms with van der Waals surface area (Å²) in [7, 11) is 1.39. The van der Waals surface area contributed by atoms with E-state index in [-0.39, 0.29) is 5.97 Å². The quantitative estimate of drug-likeness (QED) is 0.703. The zero-order valence-electron chi connectivity index (χ0n) is 9.00. The van der Waals surface area contributed by atoms with E-state index in [1.807, 2.05) is 0 Å². The number of carbonyl (C=O) groups excluding carboxylic acids is 1. The Bertz CT molecular complexity index is 176. The first-order valence-corrected chi connectivity index (χ1v) is 5.57. The van der Waals surface area contributed by atoms with Crippen LogP contribution in [0.3, 0.4) is 0 Å². The second-order valence-corrected chi connectivity index (χ2v) is 4.21. The molecule has 0 bridgehead atoms. The Balaban J connectivity index is 2.15.